The molecular formula is C26H27N7O2S. The molecule has 0 aliphatic carbocycles. The van der Waals surface area contributed by atoms with Crippen molar-refractivity contribution in [3.05, 3.63) is 71.8 Å². The summed E-state index contributed by atoms with van der Waals surface area (Å²) in [6, 6.07) is 7.01. The van der Waals surface area contributed by atoms with Gasteiger partial charge in [0.05, 0.1) is 6.04 Å². The Morgan fingerprint density at radius 2 is 2.06 bits per heavy atom. The summed E-state index contributed by atoms with van der Waals surface area (Å²) < 4.78 is 1.92. The Balaban J connectivity index is 1.49. The van der Waals surface area contributed by atoms with Gasteiger partial charge in [0, 0.05) is 41.1 Å². The van der Waals surface area contributed by atoms with Gasteiger partial charge in [-0.2, -0.15) is 0 Å². The predicted octanol–water partition coefficient (Wildman–Crippen LogP) is 4.49. The fourth-order valence-corrected chi connectivity index (χ4v) is 5.33. The number of anilines is 2. The number of hydrogen-bond donors (Lipinski definition) is 2. The summed E-state index contributed by atoms with van der Waals surface area (Å²) in [5, 5.41) is 3.43. The molecule has 1 aromatic carbocycles. The Kier molecular flexibility index (Phi) is 6.51. The lowest BCUT2D eigenvalue weighted by Crippen LogP contribution is -2.38. The standard InChI is InChI=1S/C26H27N7O2S/c1-3-18-15-29-26(36-18)31-25(35)17-10-8-16(9-11-17)21-22-23(27)28-12-14-33(22)24(30-21)19-7-5-6-13-32(19)20(34)4-2/h4,8-12,14-15,19H,2-3,5-7,13H2,1H3,(H2,27,28)(H,29,31,35). The number of thiazole rings is 1. The van der Waals surface area contributed by atoms with Crippen molar-refractivity contribution in [1.29, 1.82) is 0 Å². The zero-order valence-corrected chi connectivity index (χ0v) is 20.8. The van der Waals surface area contributed by atoms with E-state index >= 15 is 0 Å². The van der Waals surface area contributed by atoms with Crippen molar-refractivity contribution < 1.29 is 9.59 Å². The maximum Gasteiger partial charge on any atom is 0.257 e. The van der Waals surface area contributed by atoms with Crippen LogP contribution in [0.1, 0.15) is 53.3 Å². The lowest BCUT2D eigenvalue weighted by molar-refractivity contribution is -0.129. The molecule has 3 N–H and O–H groups in total. The van der Waals surface area contributed by atoms with Crippen molar-refractivity contribution in [2.75, 3.05) is 17.6 Å². The number of piperidine rings is 1. The van der Waals surface area contributed by atoms with Crippen molar-refractivity contribution in [1.82, 2.24) is 24.3 Å². The lowest BCUT2D eigenvalue weighted by Gasteiger charge is -2.34. The van der Waals surface area contributed by atoms with E-state index in [1.54, 1.807) is 24.5 Å². The number of nitrogens with two attached hydrogens (primary N) is 1. The van der Waals surface area contributed by atoms with Crippen LogP contribution in [-0.2, 0) is 11.2 Å². The number of aromatic nitrogens is 4. The van der Waals surface area contributed by atoms with E-state index in [-0.39, 0.29) is 17.9 Å². The van der Waals surface area contributed by atoms with Crippen LogP contribution in [0, 0.1) is 0 Å². The Morgan fingerprint density at radius 1 is 1.25 bits per heavy atom. The molecule has 1 atom stereocenters. The number of carbonyl (C=O) groups excluding carboxylic acids is 2. The van der Waals surface area contributed by atoms with Gasteiger partial charge in [0.25, 0.3) is 5.91 Å². The minimum absolute atomic E-state index is 0.110. The van der Waals surface area contributed by atoms with E-state index in [1.165, 1.54) is 17.4 Å². The second-order valence-corrected chi connectivity index (χ2v) is 9.73. The van der Waals surface area contributed by atoms with Crippen LogP contribution in [0.25, 0.3) is 16.8 Å². The number of benzene rings is 1. The van der Waals surface area contributed by atoms with E-state index in [2.05, 4.69) is 21.9 Å². The van der Waals surface area contributed by atoms with Crippen LogP contribution in [-0.4, -0.2) is 42.6 Å². The molecule has 36 heavy (non-hydrogen) atoms. The van der Waals surface area contributed by atoms with Gasteiger partial charge in [-0.1, -0.05) is 25.6 Å². The van der Waals surface area contributed by atoms with Crippen molar-refractivity contribution in [3.8, 4) is 11.3 Å². The quantitative estimate of drug-likeness (QED) is 0.376. The number of rotatable bonds is 6. The number of nitrogens with one attached hydrogen (secondary N) is 1. The van der Waals surface area contributed by atoms with Crippen LogP contribution >= 0.6 is 11.3 Å². The number of nitrogen functional groups attached to an aromatic ring is 1. The SMILES string of the molecule is C=CC(=O)N1CCCCC1c1nc(-c2ccc(C(=O)Nc3ncc(CC)s3)cc2)c2c(N)nccn12. The zero-order chi connectivity index (χ0) is 25.2. The van der Waals surface area contributed by atoms with Crippen molar-refractivity contribution in [3.63, 3.8) is 0 Å². The maximum atomic E-state index is 12.7. The fourth-order valence-electron chi connectivity index (χ4n) is 4.58. The molecule has 1 aliphatic rings. The van der Waals surface area contributed by atoms with E-state index < -0.39 is 0 Å². The molecule has 3 aromatic heterocycles. The van der Waals surface area contributed by atoms with Gasteiger partial charge in [-0.05, 0) is 43.9 Å². The lowest BCUT2D eigenvalue weighted by atomic mass is 10.0. The van der Waals surface area contributed by atoms with Crippen LogP contribution < -0.4 is 11.1 Å². The number of aryl methyl sites for hydroxylation is 1. The van der Waals surface area contributed by atoms with Crippen LogP contribution in [0.5, 0.6) is 0 Å². The molecule has 4 aromatic rings. The smallest absolute Gasteiger partial charge is 0.257 e. The molecule has 9 nitrogen and oxygen atoms in total. The first kappa shape index (κ1) is 23.7. The van der Waals surface area contributed by atoms with Gasteiger partial charge in [-0.25, -0.2) is 15.0 Å². The van der Waals surface area contributed by atoms with Gasteiger partial charge in [0.1, 0.15) is 22.9 Å². The first-order chi connectivity index (χ1) is 17.5. The fraction of sp³-hybridized carbons (Fsp3) is 0.269. The van der Waals surface area contributed by atoms with Gasteiger partial charge < -0.3 is 10.6 Å². The summed E-state index contributed by atoms with van der Waals surface area (Å²) in [7, 11) is 0. The van der Waals surface area contributed by atoms with E-state index in [9.17, 15) is 9.59 Å². The molecule has 0 bridgehead atoms. The highest BCUT2D eigenvalue weighted by Gasteiger charge is 2.31. The van der Waals surface area contributed by atoms with Crippen LogP contribution in [0.3, 0.4) is 0 Å². The van der Waals surface area contributed by atoms with Crippen LogP contribution in [0.15, 0.2) is 55.5 Å². The van der Waals surface area contributed by atoms with Gasteiger partial charge >= 0.3 is 0 Å². The highest BCUT2D eigenvalue weighted by atomic mass is 32.1. The first-order valence-electron chi connectivity index (χ1n) is 11.9. The van der Waals surface area contributed by atoms with Crippen molar-refractivity contribution in [2.45, 2.75) is 38.6 Å². The molecular weight excluding hydrogens is 474 g/mol. The summed E-state index contributed by atoms with van der Waals surface area (Å²) in [4.78, 5) is 41.7. The summed E-state index contributed by atoms with van der Waals surface area (Å²) in [6.07, 6.45) is 10.2. The van der Waals surface area contributed by atoms with Crippen LogP contribution in [0.2, 0.25) is 0 Å². The number of likely N-dealkylation sites (tertiary alicyclic amines) is 1. The Hall–Kier alpha value is -4.05. The highest BCUT2D eigenvalue weighted by Crippen LogP contribution is 2.36. The van der Waals surface area contributed by atoms with Gasteiger partial charge in [-0.3, -0.25) is 19.3 Å². The average molecular weight is 502 g/mol. The number of amides is 2. The normalized spacial score (nSPS) is 15.7. The topological polar surface area (TPSA) is 119 Å². The molecule has 1 fully saturated rings. The Morgan fingerprint density at radius 3 is 2.78 bits per heavy atom. The van der Waals surface area contributed by atoms with Crippen LogP contribution in [0.4, 0.5) is 10.9 Å². The van der Waals surface area contributed by atoms with Gasteiger partial charge in [0.2, 0.25) is 5.91 Å². The number of hydrogen-bond acceptors (Lipinski definition) is 7. The number of carbonyl (C=O) groups is 2. The van der Waals surface area contributed by atoms with E-state index in [4.69, 9.17) is 10.7 Å². The largest absolute Gasteiger partial charge is 0.382 e. The molecule has 184 valence electrons. The van der Waals surface area contributed by atoms with Crippen molar-refractivity contribution in [2.24, 2.45) is 0 Å². The maximum absolute atomic E-state index is 12.7. The molecule has 0 spiro atoms. The number of fused-ring (bicyclic) bond motifs is 1. The van der Waals surface area contributed by atoms with E-state index in [0.717, 1.165) is 41.9 Å². The summed E-state index contributed by atoms with van der Waals surface area (Å²) >= 11 is 1.47. The van der Waals surface area contributed by atoms with E-state index in [1.807, 2.05) is 34.6 Å². The Labute approximate surface area is 212 Å². The van der Waals surface area contributed by atoms with Gasteiger partial charge in [-0.15, -0.1) is 11.3 Å². The third kappa shape index (κ3) is 4.35. The third-order valence-electron chi connectivity index (χ3n) is 6.41. The molecule has 2 amide bonds. The average Bonchev–Trinajstić information content (AvgIpc) is 3.53. The second kappa shape index (κ2) is 9.90. The molecule has 1 aliphatic heterocycles. The molecule has 1 unspecified atom stereocenters. The second-order valence-electron chi connectivity index (χ2n) is 8.61. The Bertz CT molecular complexity index is 1440. The highest BCUT2D eigenvalue weighted by molar-refractivity contribution is 7.15. The minimum Gasteiger partial charge on any atom is -0.382 e. The molecule has 5 rings (SSSR count). The number of nitrogens with zero attached hydrogens (tertiary/aromatic N) is 5. The van der Waals surface area contributed by atoms with Crippen molar-refractivity contribution >= 4 is 39.6 Å². The monoisotopic (exact) mass is 501 g/mol. The zero-order valence-electron chi connectivity index (χ0n) is 20.0. The van der Waals surface area contributed by atoms with E-state index in [0.29, 0.717) is 34.3 Å². The predicted molar refractivity (Wildman–Crippen MR) is 141 cm³/mol. The molecule has 4 heterocycles. The third-order valence-corrected chi connectivity index (χ3v) is 7.47. The summed E-state index contributed by atoms with van der Waals surface area (Å²) in [6.45, 7) is 6.37. The first-order valence-corrected chi connectivity index (χ1v) is 12.7. The number of imidazole rings is 1. The van der Waals surface area contributed by atoms with Gasteiger partial charge in [0.15, 0.2) is 5.13 Å². The molecule has 0 saturated carbocycles. The molecule has 10 heteroatoms. The summed E-state index contributed by atoms with van der Waals surface area (Å²) in [5.41, 5.74) is 8.94. The molecule has 1 saturated heterocycles. The summed E-state index contributed by atoms with van der Waals surface area (Å²) in [5.74, 6) is 0.750. The molecule has 0 radical (unpaired) electrons. The minimum atomic E-state index is -0.226.